The zero-order valence-electron chi connectivity index (χ0n) is 15.4. The standard InChI is InChI=1S/C20H21N7O/c28-20-22-9-10-27(20)17-5-3-15(4-6-17)19-21-8-7-18(25-19)24-16-11-23-26(13-16)12-14-1-2-14/h3-8,11,13-14H,1-2,9-10,12H2,(H,22,28)(H,21,24,25). The van der Waals surface area contributed by atoms with Crippen molar-refractivity contribution in [3.05, 3.63) is 48.9 Å². The summed E-state index contributed by atoms with van der Waals surface area (Å²) >= 11 is 0. The van der Waals surface area contributed by atoms with Crippen LogP contribution in [0.4, 0.5) is 22.0 Å². The van der Waals surface area contributed by atoms with E-state index in [9.17, 15) is 4.79 Å². The van der Waals surface area contributed by atoms with Gasteiger partial charge in [-0.05, 0) is 49.1 Å². The van der Waals surface area contributed by atoms with Crippen LogP contribution in [0, 0.1) is 5.92 Å². The Morgan fingerprint density at radius 1 is 1.18 bits per heavy atom. The number of rotatable bonds is 6. The van der Waals surface area contributed by atoms with Gasteiger partial charge < -0.3 is 10.6 Å². The second-order valence-corrected chi connectivity index (χ2v) is 7.22. The number of aromatic nitrogens is 4. The summed E-state index contributed by atoms with van der Waals surface area (Å²) in [5.74, 6) is 2.14. The van der Waals surface area contributed by atoms with E-state index in [2.05, 4.69) is 25.7 Å². The molecule has 2 aliphatic rings. The monoisotopic (exact) mass is 375 g/mol. The van der Waals surface area contributed by atoms with Crippen LogP contribution in [0.5, 0.6) is 0 Å². The molecular weight excluding hydrogens is 354 g/mol. The summed E-state index contributed by atoms with van der Waals surface area (Å²) in [7, 11) is 0. The molecule has 2 fully saturated rings. The minimum atomic E-state index is -0.0579. The lowest BCUT2D eigenvalue weighted by Gasteiger charge is -2.14. The fraction of sp³-hybridized carbons (Fsp3) is 0.300. The molecule has 28 heavy (non-hydrogen) atoms. The molecule has 8 heteroatoms. The smallest absolute Gasteiger partial charge is 0.321 e. The molecule has 142 valence electrons. The molecule has 2 amide bonds. The fourth-order valence-corrected chi connectivity index (χ4v) is 3.32. The lowest BCUT2D eigenvalue weighted by molar-refractivity contribution is 0.252. The van der Waals surface area contributed by atoms with E-state index in [0.29, 0.717) is 18.9 Å². The van der Waals surface area contributed by atoms with Crippen molar-refractivity contribution in [3.63, 3.8) is 0 Å². The number of nitrogens with zero attached hydrogens (tertiary/aromatic N) is 5. The number of hydrogen-bond donors (Lipinski definition) is 2. The molecule has 2 N–H and O–H groups in total. The highest BCUT2D eigenvalue weighted by Crippen LogP contribution is 2.30. The van der Waals surface area contributed by atoms with Gasteiger partial charge in [-0.2, -0.15) is 5.10 Å². The molecule has 1 aliphatic heterocycles. The highest BCUT2D eigenvalue weighted by Gasteiger charge is 2.22. The van der Waals surface area contributed by atoms with Crippen LogP contribution in [0.1, 0.15) is 12.8 Å². The number of urea groups is 1. The molecule has 3 aromatic rings. The molecule has 0 unspecified atom stereocenters. The van der Waals surface area contributed by atoms with Crippen molar-refractivity contribution >= 4 is 23.2 Å². The maximum Gasteiger partial charge on any atom is 0.321 e. The zero-order chi connectivity index (χ0) is 18.9. The van der Waals surface area contributed by atoms with Gasteiger partial charge in [0.25, 0.3) is 0 Å². The third kappa shape index (κ3) is 3.53. The average Bonchev–Trinajstić information content (AvgIpc) is 3.25. The predicted octanol–water partition coefficient (Wildman–Crippen LogP) is 3.02. The summed E-state index contributed by atoms with van der Waals surface area (Å²) in [6.45, 7) is 2.34. The van der Waals surface area contributed by atoms with Crippen LogP contribution in [0.25, 0.3) is 11.4 Å². The van der Waals surface area contributed by atoms with E-state index in [1.807, 2.05) is 47.4 Å². The molecule has 1 aromatic carbocycles. The number of nitrogens with one attached hydrogen (secondary N) is 2. The normalized spacial score (nSPS) is 16.3. The first-order valence-corrected chi connectivity index (χ1v) is 9.53. The molecule has 1 saturated carbocycles. The average molecular weight is 375 g/mol. The molecule has 1 saturated heterocycles. The highest BCUT2D eigenvalue weighted by molar-refractivity contribution is 5.94. The predicted molar refractivity (Wildman–Crippen MR) is 106 cm³/mol. The van der Waals surface area contributed by atoms with Crippen molar-refractivity contribution in [2.75, 3.05) is 23.3 Å². The summed E-state index contributed by atoms with van der Waals surface area (Å²) in [6, 6.07) is 9.50. The van der Waals surface area contributed by atoms with Gasteiger partial charge in [0.2, 0.25) is 0 Å². The van der Waals surface area contributed by atoms with Crippen LogP contribution >= 0.6 is 0 Å². The fourth-order valence-electron chi connectivity index (χ4n) is 3.32. The van der Waals surface area contributed by atoms with Gasteiger partial charge in [0.15, 0.2) is 5.82 Å². The SMILES string of the molecule is O=C1NCCN1c1ccc(-c2nccc(Nc3cnn(CC4CC4)c3)n2)cc1. The Kier molecular flexibility index (Phi) is 4.16. The van der Waals surface area contributed by atoms with E-state index in [0.717, 1.165) is 35.2 Å². The van der Waals surface area contributed by atoms with Gasteiger partial charge in [0, 0.05) is 43.3 Å². The number of carbonyl (C=O) groups excluding carboxylic acids is 1. The molecule has 5 rings (SSSR count). The number of carbonyl (C=O) groups is 1. The van der Waals surface area contributed by atoms with Crippen molar-refractivity contribution < 1.29 is 4.79 Å². The first-order valence-electron chi connectivity index (χ1n) is 9.53. The van der Waals surface area contributed by atoms with Gasteiger partial charge in [-0.1, -0.05) is 0 Å². The van der Waals surface area contributed by atoms with Crippen LogP contribution in [0.15, 0.2) is 48.9 Å². The van der Waals surface area contributed by atoms with Gasteiger partial charge >= 0.3 is 6.03 Å². The second-order valence-electron chi connectivity index (χ2n) is 7.22. The van der Waals surface area contributed by atoms with E-state index in [4.69, 9.17) is 0 Å². The van der Waals surface area contributed by atoms with Crippen LogP contribution in [-0.4, -0.2) is 38.9 Å². The molecular formula is C20H21N7O. The number of hydrogen-bond acceptors (Lipinski definition) is 5. The van der Waals surface area contributed by atoms with Crippen molar-refractivity contribution in [3.8, 4) is 11.4 Å². The Morgan fingerprint density at radius 3 is 2.79 bits per heavy atom. The van der Waals surface area contributed by atoms with Gasteiger partial charge in [-0.15, -0.1) is 0 Å². The molecule has 3 heterocycles. The summed E-state index contributed by atoms with van der Waals surface area (Å²) in [5, 5.41) is 10.5. The van der Waals surface area contributed by atoms with Crippen LogP contribution in [-0.2, 0) is 6.54 Å². The Balaban J connectivity index is 1.30. The highest BCUT2D eigenvalue weighted by atomic mass is 16.2. The molecule has 0 atom stereocenters. The minimum absolute atomic E-state index is 0.0579. The summed E-state index contributed by atoms with van der Waals surface area (Å²) in [4.78, 5) is 22.5. The third-order valence-corrected chi connectivity index (χ3v) is 5.00. The van der Waals surface area contributed by atoms with E-state index in [-0.39, 0.29) is 6.03 Å². The number of anilines is 3. The first kappa shape index (κ1) is 16.7. The van der Waals surface area contributed by atoms with Crippen molar-refractivity contribution in [1.29, 1.82) is 0 Å². The lowest BCUT2D eigenvalue weighted by atomic mass is 10.2. The summed E-state index contributed by atoms with van der Waals surface area (Å²) < 4.78 is 1.98. The maximum atomic E-state index is 11.8. The van der Waals surface area contributed by atoms with Gasteiger partial charge in [-0.25, -0.2) is 14.8 Å². The van der Waals surface area contributed by atoms with Crippen molar-refractivity contribution in [2.45, 2.75) is 19.4 Å². The quantitative estimate of drug-likeness (QED) is 0.691. The van der Waals surface area contributed by atoms with E-state index >= 15 is 0 Å². The topological polar surface area (TPSA) is 88.0 Å². The van der Waals surface area contributed by atoms with Gasteiger partial charge in [-0.3, -0.25) is 9.58 Å². The van der Waals surface area contributed by atoms with E-state index in [1.165, 1.54) is 12.8 Å². The molecule has 0 bridgehead atoms. The number of amides is 2. The maximum absolute atomic E-state index is 11.8. The number of benzene rings is 1. The molecule has 0 spiro atoms. The Bertz CT molecular complexity index is 994. The Morgan fingerprint density at radius 2 is 2.04 bits per heavy atom. The largest absolute Gasteiger partial charge is 0.338 e. The third-order valence-electron chi connectivity index (χ3n) is 5.00. The molecule has 0 radical (unpaired) electrons. The van der Waals surface area contributed by atoms with Crippen LogP contribution in [0.2, 0.25) is 0 Å². The van der Waals surface area contributed by atoms with E-state index < -0.39 is 0 Å². The molecule has 2 aromatic heterocycles. The van der Waals surface area contributed by atoms with E-state index in [1.54, 1.807) is 11.1 Å². The summed E-state index contributed by atoms with van der Waals surface area (Å²) in [6.07, 6.45) is 8.18. The van der Waals surface area contributed by atoms with Crippen LogP contribution in [0.3, 0.4) is 0 Å². The molecule has 1 aliphatic carbocycles. The summed E-state index contributed by atoms with van der Waals surface area (Å²) in [5.41, 5.74) is 2.69. The van der Waals surface area contributed by atoms with Gasteiger partial charge in [0.05, 0.1) is 11.9 Å². The lowest BCUT2D eigenvalue weighted by Crippen LogP contribution is -2.27. The molecule has 8 nitrogen and oxygen atoms in total. The van der Waals surface area contributed by atoms with Crippen molar-refractivity contribution in [1.82, 2.24) is 25.1 Å². The van der Waals surface area contributed by atoms with Crippen LogP contribution < -0.4 is 15.5 Å². The van der Waals surface area contributed by atoms with Gasteiger partial charge in [0.1, 0.15) is 5.82 Å². The minimum Gasteiger partial charge on any atom is -0.338 e. The second kappa shape index (κ2) is 6.95. The Labute approximate surface area is 162 Å². The zero-order valence-corrected chi connectivity index (χ0v) is 15.4. The Hall–Kier alpha value is -3.42. The first-order chi connectivity index (χ1) is 13.7. The van der Waals surface area contributed by atoms with Crippen molar-refractivity contribution in [2.24, 2.45) is 5.92 Å².